The predicted molar refractivity (Wildman–Crippen MR) is 146 cm³/mol. The summed E-state index contributed by atoms with van der Waals surface area (Å²) < 4.78 is 30.7. The van der Waals surface area contributed by atoms with E-state index >= 15 is 4.39 Å². The molecule has 3 heterocycles. The zero-order chi connectivity index (χ0) is 27.9. The Morgan fingerprint density at radius 1 is 0.975 bits per heavy atom. The van der Waals surface area contributed by atoms with Crippen molar-refractivity contribution >= 4 is 17.8 Å². The second-order valence-corrected chi connectivity index (χ2v) is 11.0. The molecule has 0 spiro atoms. The topological polar surface area (TPSA) is 85.8 Å². The average molecular weight is 547 g/mol. The van der Waals surface area contributed by atoms with Crippen LogP contribution in [0.25, 0.3) is 0 Å². The molecular formula is C31H32F2N4O3. The number of piperidine rings is 1. The SMILES string of the molecule is O=C1Nc2ccccc2CCN1[C@@H]1CCN(C(=O)O)[C@@](c2cccc(F)c2F)(C2CCCCc3cccnc32)C1. The number of hydrogen-bond acceptors (Lipinski definition) is 3. The van der Waals surface area contributed by atoms with E-state index in [0.29, 0.717) is 25.8 Å². The molecular weight excluding hydrogens is 514 g/mol. The number of carbonyl (C=O) groups excluding carboxylic acids is 1. The van der Waals surface area contributed by atoms with Gasteiger partial charge in [-0.1, -0.05) is 42.8 Å². The third kappa shape index (κ3) is 4.37. The van der Waals surface area contributed by atoms with Crippen LogP contribution in [0.1, 0.15) is 60.4 Å². The molecule has 1 saturated heterocycles. The van der Waals surface area contributed by atoms with E-state index in [0.717, 1.165) is 47.8 Å². The summed E-state index contributed by atoms with van der Waals surface area (Å²) in [7, 11) is 0. The normalized spacial score (nSPS) is 24.8. The van der Waals surface area contributed by atoms with E-state index < -0.39 is 35.2 Å². The average Bonchev–Trinajstić information content (AvgIpc) is 3.28. The summed E-state index contributed by atoms with van der Waals surface area (Å²) in [5.74, 6) is -2.60. The Morgan fingerprint density at radius 3 is 2.65 bits per heavy atom. The van der Waals surface area contributed by atoms with Crippen molar-refractivity contribution in [1.29, 1.82) is 0 Å². The molecule has 2 aliphatic heterocycles. The lowest BCUT2D eigenvalue weighted by molar-refractivity contribution is -0.00911. The van der Waals surface area contributed by atoms with Gasteiger partial charge in [0.15, 0.2) is 11.6 Å². The van der Waals surface area contributed by atoms with Gasteiger partial charge >= 0.3 is 12.1 Å². The summed E-state index contributed by atoms with van der Waals surface area (Å²) in [6.45, 7) is 0.507. The number of urea groups is 1. The summed E-state index contributed by atoms with van der Waals surface area (Å²) in [5.41, 5.74) is 2.03. The van der Waals surface area contributed by atoms with Crippen LogP contribution in [-0.4, -0.2) is 51.1 Å². The van der Waals surface area contributed by atoms with Gasteiger partial charge in [0.05, 0.1) is 5.54 Å². The summed E-state index contributed by atoms with van der Waals surface area (Å²) in [5, 5.41) is 13.6. The van der Waals surface area contributed by atoms with Crippen molar-refractivity contribution in [2.45, 2.75) is 62.4 Å². The molecule has 3 aromatic rings. The lowest BCUT2D eigenvalue weighted by Gasteiger charge is -2.54. The number of carbonyl (C=O) groups is 2. The molecule has 3 aliphatic rings. The van der Waals surface area contributed by atoms with Gasteiger partial charge in [-0.25, -0.2) is 18.4 Å². The van der Waals surface area contributed by atoms with Crippen molar-refractivity contribution in [2.75, 3.05) is 18.4 Å². The first-order chi connectivity index (χ1) is 19.4. The molecule has 9 heteroatoms. The summed E-state index contributed by atoms with van der Waals surface area (Å²) in [6, 6.07) is 14.8. The van der Waals surface area contributed by atoms with E-state index in [1.165, 1.54) is 17.0 Å². The number of likely N-dealkylation sites (tertiary alicyclic amines) is 1. The van der Waals surface area contributed by atoms with Gasteiger partial charge in [0.25, 0.3) is 0 Å². The number of hydrogen-bond donors (Lipinski definition) is 2. The van der Waals surface area contributed by atoms with Crippen LogP contribution < -0.4 is 5.32 Å². The second kappa shape index (κ2) is 10.5. The monoisotopic (exact) mass is 546 g/mol. The van der Waals surface area contributed by atoms with Crippen LogP contribution in [0.15, 0.2) is 60.8 Å². The molecule has 3 atom stereocenters. The molecule has 1 unspecified atom stereocenters. The third-order valence-corrected chi connectivity index (χ3v) is 8.97. The van der Waals surface area contributed by atoms with E-state index in [4.69, 9.17) is 4.98 Å². The van der Waals surface area contributed by atoms with Crippen LogP contribution in [0.5, 0.6) is 0 Å². The van der Waals surface area contributed by atoms with E-state index in [9.17, 15) is 19.1 Å². The van der Waals surface area contributed by atoms with Gasteiger partial charge in [0, 0.05) is 48.2 Å². The smallest absolute Gasteiger partial charge is 0.408 e. The highest BCUT2D eigenvalue weighted by atomic mass is 19.2. The largest absolute Gasteiger partial charge is 0.465 e. The number of rotatable bonds is 3. The molecule has 0 saturated carbocycles. The number of benzene rings is 2. The van der Waals surface area contributed by atoms with Crippen LogP contribution >= 0.6 is 0 Å². The van der Waals surface area contributed by atoms with Crippen molar-refractivity contribution < 1.29 is 23.5 Å². The molecule has 7 nitrogen and oxygen atoms in total. The van der Waals surface area contributed by atoms with E-state index in [1.54, 1.807) is 11.1 Å². The minimum atomic E-state index is -1.46. The van der Waals surface area contributed by atoms with Crippen LogP contribution in [0.2, 0.25) is 0 Å². The zero-order valence-electron chi connectivity index (χ0n) is 22.2. The van der Waals surface area contributed by atoms with E-state index in [1.807, 2.05) is 36.4 Å². The number of halogens is 2. The Labute approximate surface area is 231 Å². The second-order valence-electron chi connectivity index (χ2n) is 11.0. The third-order valence-electron chi connectivity index (χ3n) is 8.97. The molecule has 2 N–H and O–H groups in total. The fourth-order valence-electron chi connectivity index (χ4n) is 7.17. The number of amides is 3. The molecule has 1 fully saturated rings. The Bertz CT molecular complexity index is 1450. The number of nitrogens with zero attached hydrogens (tertiary/aromatic N) is 3. The Kier molecular flexibility index (Phi) is 6.90. The zero-order valence-corrected chi connectivity index (χ0v) is 22.2. The molecule has 1 aromatic heterocycles. The predicted octanol–water partition coefficient (Wildman–Crippen LogP) is 6.30. The molecule has 1 aliphatic carbocycles. The van der Waals surface area contributed by atoms with Crippen LogP contribution in [0, 0.1) is 11.6 Å². The number of anilines is 1. The maximum absolute atomic E-state index is 15.9. The van der Waals surface area contributed by atoms with Crippen molar-refractivity contribution in [1.82, 2.24) is 14.8 Å². The first-order valence-electron chi connectivity index (χ1n) is 13.9. The molecule has 3 amide bonds. The minimum absolute atomic E-state index is 0.00150. The summed E-state index contributed by atoms with van der Waals surface area (Å²) >= 11 is 0. The Hall–Kier alpha value is -4.01. The maximum atomic E-state index is 15.9. The number of nitrogens with one attached hydrogen (secondary N) is 1. The standard InChI is InChI=1S/C31H32F2N4O3/c32-25-12-5-11-23(27(25)33)31(24-10-3-1-8-21-9-6-16-34-28(21)24)19-22(15-18-37(31)30(39)40)36-17-14-20-7-2-4-13-26(20)35-29(36)38/h2,4-7,9,11-13,16,22,24H,1,3,8,10,14-15,17-19H2,(H,35,38)(H,39,40)/t22-,24?,31+/m1/s1. The summed E-state index contributed by atoms with van der Waals surface area (Å²) in [4.78, 5) is 34.2. The van der Waals surface area contributed by atoms with Gasteiger partial charge in [-0.15, -0.1) is 0 Å². The number of pyridine rings is 1. The van der Waals surface area contributed by atoms with Crippen LogP contribution in [0.3, 0.4) is 0 Å². The van der Waals surface area contributed by atoms with E-state index in [-0.39, 0.29) is 24.6 Å². The van der Waals surface area contributed by atoms with Crippen molar-refractivity contribution in [3.8, 4) is 0 Å². The molecule has 0 bridgehead atoms. The lowest BCUT2D eigenvalue weighted by Crippen LogP contribution is -2.62. The number of carboxylic acid groups (broad SMARTS) is 1. The quantitative estimate of drug-likeness (QED) is 0.378. The lowest BCUT2D eigenvalue weighted by atomic mass is 9.66. The number of aromatic nitrogens is 1. The fourth-order valence-corrected chi connectivity index (χ4v) is 7.17. The Balaban J connectivity index is 1.51. The van der Waals surface area contributed by atoms with Crippen molar-refractivity contribution in [3.05, 3.63) is 94.8 Å². The van der Waals surface area contributed by atoms with Gasteiger partial charge < -0.3 is 15.3 Å². The maximum Gasteiger partial charge on any atom is 0.408 e. The van der Waals surface area contributed by atoms with Gasteiger partial charge in [0.1, 0.15) is 0 Å². The number of para-hydroxylation sites is 1. The molecule has 208 valence electrons. The van der Waals surface area contributed by atoms with Gasteiger partial charge in [-0.2, -0.15) is 0 Å². The Morgan fingerprint density at radius 2 is 1.80 bits per heavy atom. The van der Waals surface area contributed by atoms with E-state index in [2.05, 4.69) is 5.32 Å². The molecule has 40 heavy (non-hydrogen) atoms. The molecule has 0 radical (unpaired) electrons. The summed E-state index contributed by atoms with van der Waals surface area (Å²) in [6.07, 6.45) is 4.65. The van der Waals surface area contributed by atoms with Gasteiger partial charge in [-0.05, 0) is 67.9 Å². The first kappa shape index (κ1) is 26.2. The highest BCUT2D eigenvalue weighted by molar-refractivity contribution is 5.91. The number of fused-ring (bicyclic) bond motifs is 2. The van der Waals surface area contributed by atoms with Crippen molar-refractivity contribution in [2.24, 2.45) is 0 Å². The molecule has 2 aromatic carbocycles. The van der Waals surface area contributed by atoms with Gasteiger partial charge in [0.2, 0.25) is 0 Å². The number of aryl methyl sites for hydroxylation is 1. The fraction of sp³-hybridized carbons (Fsp3) is 0.387. The van der Waals surface area contributed by atoms with Crippen LogP contribution in [0.4, 0.5) is 24.1 Å². The molecule has 6 rings (SSSR count). The highest BCUT2D eigenvalue weighted by Gasteiger charge is 2.55. The first-order valence-corrected chi connectivity index (χ1v) is 13.9. The minimum Gasteiger partial charge on any atom is -0.465 e. The van der Waals surface area contributed by atoms with Gasteiger partial charge in [-0.3, -0.25) is 9.88 Å². The highest BCUT2D eigenvalue weighted by Crippen LogP contribution is 2.53. The van der Waals surface area contributed by atoms with Crippen LogP contribution in [-0.2, 0) is 18.4 Å². The van der Waals surface area contributed by atoms with Crippen molar-refractivity contribution in [3.63, 3.8) is 0 Å².